The summed E-state index contributed by atoms with van der Waals surface area (Å²) in [6.07, 6.45) is 6.54. The van der Waals surface area contributed by atoms with Crippen LogP contribution in [-0.4, -0.2) is 25.4 Å². The van der Waals surface area contributed by atoms with Gasteiger partial charge in [0.25, 0.3) is 5.91 Å². The molecule has 0 unspecified atom stereocenters. The molecule has 4 aromatic rings. The maximum absolute atomic E-state index is 12.0. The second kappa shape index (κ2) is 7.16. The third-order valence-corrected chi connectivity index (χ3v) is 4.34. The minimum atomic E-state index is -0.130. The zero-order valence-corrected chi connectivity index (χ0v) is 14.3. The molecule has 0 aliphatic rings. The van der Waals surface area contributed by atoms with Crippen molar-refractivity contribution in [1.82, 2.24) is 19.5 Å². The lowest BCUT2D eigenvalue weighted by atomic mass is 10.3. The predicted molar refractivity (Wildman–Crippen MR) is 97.9 cm³/mol. The van der Waals surface area contributed by atoms with Crippen LogP contribution in [0, 0.1) is 0 Å². The van der Waals surface area contributed by atoms with Crippen LogP contribution in [0.25, 0.3) is 5.82 Å². The lowest BCUT2D eigenvalue weighted by molar-refractivity contribution is 0.103. The fourth-order valence-corrected chi connectivity index (χ4v) is 2.87. The van der Waals surface area contributed by atoms with Crippen LogP contribution in [0.15, 0.2) is 72.9 Å². The molecule has 7 nitrogen and oxygen atoms in total. The summed E-state index contributed by atoms with van der Waals surface area (Å²) in [4.78, 5) is 25.0. The van der Waals surface area contributed by atoms with E-state index in [0.717, 1.165) is 0 Å². The largest absolute Gasteiger partial charge is 0.439 e. The molecule has 0 fully saturated rings. The summed E-state index contributed by atoms with van der Waals surface area (Å²) < 4.78 is 7.52. The summed E-state index contributed by atoms with van der Waals surface area (Å²) in [6, 6.07) is 12.4. The number of carbonyl (C=O) groups is 1. The van der Waals surface area contributed by atoms with Gasteiger partial charge in [0.05, 0.1) is 4.88 Å². The molecule has 0 saturated heterocycles. The van der Waals surface area contributed by atoms with Crippen molar-refractivity contribution < 1.29 is 9.53 Å². The molecule has 1 amide bonds. The van der Waals surface area contributed by atoms with Crippen molar-refractivity contribution in [2.45, 2.75) is 0 Å². The van der Waals surface area contributed by atoms with E-state index < -0.39 is 0 Å². The summed E-state index contributed by atoms with van der Waals surface area (Å²) in [7, 11) is 0. The first-order valence-electron chi connectivity index (χ1n) is 7.71. The molecule has 0 radical (unpaired) electrons. The molecule has 1 aromatic carbocycles. The van der Waals surface area contributed by atoms with Crippen LogP contribution < -0.4 is 10.1 Å². The molecule has 0 bridgehead atoms. The van der Waals surface area contributed by atoms with Gasteiger partial charge in [-0.3, -0.25) is 9.36 Å². The van der Waals surface area contributed by atoms with Gasteiger partial charge in [0.1, 0.15) is 24.2 Å². The third-order valence-electron chi connectivity index (χ3n) is 3.48. The van der Waals surface area contributed by atoms with Gasteiger partial charge in [-0.25, -0.2) is 15.0 Å². The predicted octanol–water partition coefficient (Wildman–Crippen LogP) is 3.77. The van der Waals surface area contributed by atoms with E-state index in [1.54, 1.807) is 59.7 Å². The van der Waals surface area contributed by atoms with E-state index in [1.807, 2.05) is 11.4 Å². The van der Waals surface area contributed by atoms with Gasteiger partial charge < -0.3 is 10.1 Å². The van der Waals surface area contributed by atoms with Crippen LogP contribution in [-0.2, 0) is 0 Å². The fourth-order valence-electron chi connectivity index (χ4n) is 2.25. The minimum absolute atomic E-state index is 0.130. The Bertz CT molecular complexity index is 999. The highest BCUT2D eigenvalue weighted by Crippen LogP contribution is 2.23. The highest BCUT2D eigenvalue weighted by Gasteiger charge is 2.07. The molecule has 8 heteroatoms. The standard InChI is InChI=1S/C18H13N5O2S/c24-18(15-2-1-9-26-15)22-13-3-5-14(6-4-13)25-17-10-16(20-11-21-17)23-8-7-19-12-23/h1-12H,(H,22,24). The van der Waals surface area contributed by atoms with Crippen LogP contribution in [0.4, 0.5) is 5.69 Å². The van der Waals surface area contributed by atoms with Crippen molar-refractivity contribution in [1.29, 1.82) is 0 Å². The average molecular weight is 363 g/mol. The zero-order valence-electron chi connectivity index (χ0n) is 13.4. The molecule has 0 saturated carbocycles. The number of imidazole rings is 1. The van der Waals surface area contributed by atoms with Gasteiger partial charge >= 0.3 is 0 Å². The van der Waals surface area contributed by atoms with E-state index in [9.17, 15) is 4.79 Å². The molecule has 128 valence electrons. The number of thiophene rings is 1. The van der Waals surface area contributed by atoms with Crippen molar-refractivity contribution in [3.05, 3.63) is 77.8 Å². The Hall–Kier alpha value is -3.52. The smallest absolute Gasteiger partial charge is 0.265 e. The van der Waals surface area contributed by atoms with Crippen molar-refractivity contribution in [3.63, 3.8) is 0 Å². The van der Waals surface area contributed by atoms with Gasteiger partial charge in [-0.05, 0) is 35.7 Å². The van der Waals surface area contributed by atoms with Gasteiger partial charge in [-0.2, -0.15) is 0 Å². The van der Waals surface area contributed by atoms with Gasteiger partial charge in [0.2, 0.25) is 5.88 Å². The molecule has 0 aliphatic heterocycles. The summed E-state index contributed by atoms with van der Waals surface area (Å²) in [6.45, 7) is 0. The summed E-state index contributed by atoms with van der Waals surface area (Å²) in [5.74, 6) is 1.55. The number of nitrogens with zero attached hydrogens (tertiary/aromatic N) is 4. The number of anilines is 1. The number of hydrogen-bond acceptors (Lipinski definition) is 6. The second-order valence-electron chi connectivity index (χ2n) is 5.24. The first kappa shape index (κ1) is 16.0. The molecule has 3 heterocycles. The van der Waals surface area contributed by atoms with Crippen molar-refractivity contribution in [3.8, 4) is 17.4 Å². The number of rotatable bonds is 5. The first-order chi connectivity index (χ1) is 12.8. The maximum atomic E-state index is 12.0. The Morgan fingerprint density at radius 1 is 1.15 bits per heavy atom. The van der Waals surface area contributed by atoms with Crippen LogP contribution in [0.1, 0.15) is 9.67 Å². The molecular formula is C18H13N5O2S. The molecule has 0 spiro atoms. The Morgan fingerprint density at radius 3 is 2.77 bits per heavy atom. The van der Waals surface area contributed by atoms with E-state index in [4.69, 9.17) is 4.74 Å². The number of benzene rings is 1. The van der Waals surface area contributed by atoms with E-state index in [0.29, 0.717) is 28.0 Å². The number of ether oxygens (including phenoxy) is 1. The normalized spacial score (nSPS) is 10.5. The highest BCUT2D eigenvalue weighted by molar-refractivity contribution is 7.12. The third kappa shape index (κ3) is 3.60. The van der Waals surface area contributed by atoms with Crippen LogP contribution in [0.3, 0.4) is 0 Å². The fraction of sp³-hybridized carbons (Fsp3) is 0. The molecule has 4 rings (SSSR count). The lowest BCUT2D eigenvalue weighted by Gasteiger charge is -2.08. The first-order valence-corrected chi connectivity index (χ1v) is 8.59. The molecular weight excluding hydrogens is 350 g/mol. The summed E-state index contributed by atoms with van der Waals surface area (Å²) in [5.41, 5.74) is 0.692. The lowest BCUT2D eigenvalue weighted by Crippen LogP contribution is -2.09. The number of hydrogen-bond donors (Lipinski definition) is 1. The average Bonchev–Trinajstić information content (AvgIpc) is 3.38. The van der Waals surface area contributed by atoms with Crippen molar-refractivity contribution in [2.75, 3.05) is 5.32 Å². The monoisotopic (exact) mass is 363 g/mol. The second-order valence-corrected chi connectivity index (χ2v) is 6.19. The Labute approximate surface area is 153 Å². The minimum Gasteiger partial charge on any atom is -0.439 e. The number of carbonyl (C=O) groups excluding carboxylic acids is 1. The summed E-state index contributed by atoms with van der Waals surface area (Å²) >= 11 is 1.40. The number of aromatic nitrogens is 4. The molecule has 3 aromatic heterocycles. The van der Waals surface area contributed by atoms with Gasteiger partial charge in [-0.15, -0.1) is 11.3 Å². The molecule has 26 heavy (non-hydrogen) atoms. The number of nitrogens with one attached hydrogen (secondary N) is 1. The van der Waals surface area contributed by atoms with Crippen LogP contribution in [0.5, 0.6) is 11.6 Å². The number of amides is 1. The Morgan fingerprint density at radius 2 is 2.04 bits per heavy atom. The van der Waals surface area contributed by atoms with E-state index in [1.165, 1.54) is 17.7 Å². The zero-order chi connectivity index (χ0) is 17.8. The topological polar surface area (TPSA) is 81.9 Å². The molecule has 0 atom stereocenters. The molecule has 0 aliphatic carbocycles. The van der Waals surface area contributed by atoms with Crippen molar-refractivity contribution >= 4 is 22.9 Å². The van der Waals surface area contributed by atoms with Gasteiger partial charge in [-0.1, -0.05) is 6.07 Å². The maximum Gasteiger partial charge on any atom is 0.265 e. The Kier molecular flexibility index (Phi) is 4.40. The quantitative estimate of drug-likeness (QED) is 0.584. The van der Waals surface area contributed by atoms with Crippen LogP contribution >= 0.6 is 11.3 Å². The van der Waals surface area contributed by atoms with E-state index in [2.05, 4.69) is 20.3 Å². The van der Waals surface area contributed by atoms with Crippen LogP contribution in [0.2, 0.25) is 0 Å². The van der Waals surface area contributed by atoms with Gasteiger partial charge in [0.15, 0.2) is 0 Å². The highest BCUT2D eigenvalue weighted by atomic mass is 32.1. The van der Waals surface area contributed by atoms with Crippen molar-refractivity contribution in [2.24, 2.45) is 0 Å². The molecule has 1 N–H and O–H groups in total. The SMILES string of the molecule is O=C(Nc1ccc(Oc2cc(-n3ccnc3)ncn2)cc1)c1cccs1. The van der Waals surface area contributed by atoms with Gasteiger partial charge in [0, 0.05) is 24.1 Å². The summed E-state index contributed by atoms with van der Waals surface area (Å²) in [5, 5.41) is 4.71. The Balaban J connectivity index is 1.44. The van der Waals surface area contributed by atoms with E-state index >= 15 is 0 Å². The van der Waals surface area contributed by atoms with E-state index in [-0.39, 0.29) is 5.91 Å².